The molecule has 0 atom stereocenters. The molecule has 0 heterocycles. The van der Waals surface area contributed by atoms with Crippen molar-refractivity contribution in [3.8, 4) is 11.5 Å². The van der Waals surface area contributed by atoms with Crippen molar-refractivity contribution in [3.63, 3.8) is 0 Å². The number of amides is 1. The molecule has 0 aliphatic heterocycles. The molecule has 0 spiro atoms. The second-order valence-corrected chi connectivity index (χ2v) is 7.22. The molecule has 0 aliphatic carbocycles. The maximum Gasteiger partial charge on any atom is 0.272 e. The average Bonchev–Trinajstić information content (AvgIpc) is 2.74. The molecule has 3 rings (SSSR count). The van der Waals surface area contributed by atoms with Gasteiger partial charge in [0.2, 0.25) is 0 Å². The number of methoxy groups -OCH3 is 1. The van der Waals surface area contributed by atoms with E-state index in [2.05, 4.69) is 45.5 Å². The molecule has 3 aromatic rings. The summed E-state index contributed by atoms with van der Waals surface area (Å²) >= 11 is 3.35. The quantitative estimate of drug-likeness (QED) is 0.400. The summed E-state index contributed by atoms with van der Waals surface area (Å²) in [7, 11) is 1.59. The number of benzene rings is 3. The van der Waals surface area contributed by atoms with Crippen molar-refractivity contribution in [2.45, 2.75) is 13.5 Å². The fraction of sp³-hybridized carbons (Fsp3) is 0.130. The fourth-order valence-corrected chi connectivity index (χ4v) is 3.06. The summed E-state index contributed by atoms with van der Waals surface area (Å²) in [6.45, 7) is 2.50. The first-order valence-electron chi connectivity index (χ1n) is 9.01. The van der Waals surface area contributed by atoms with Crippen LogP contribution in [0.5, 0.6) is 11.5 Å². The van der Waals surface area contributed by atoms with Crippen LogP contribution >= 0.6 is 15.9 Å². The fourth-order valence-electron chi connectivity index (χ4n) is 2.60. The number of carbonyl (C=O) groups excluding carboxylic acids is 1. The monoisotopic (exact) mass is 452 g/mol. The molecule has 0 fully saturated rings. The highest BCUT2D eigenvalue weighted by molar-refractivity contribution is 9.10. The van der Waals surface area contributed by atoms with Crippen molar-refractivity contribution in [2.75, 3.05) is 7.11 Å². The van der Waals surface area contributed by atoms with Gasteiger partial charge >= 0.3 is 0 Å². The Morgan fingerprint density at radius 2 is 1.83 bits per heavy atom. The van der Waals surface area contributed by atoms with Crippen molar-refractivity contribution in [3.05, 3.63) is 93.5 Å². The Morgan fingerprint density at radius 3 is 2.55 bits per heavy atom. The molecule has 29 heavy (non-hydrogen) atoms. The molecule has 148 valence electrons. The van der Waals surface area contributed by atoms with E-state index in [1.807, 2.05) is 30.3 Å². The van der Waals surface area contributed by atoms with E-state index in [1.54, 1.807) is 37.6 Å². The van der Waals surface area contributed by atoms with Gasteiger partial charge in [0, 0.05) is 4.47 Å². The van der Waals surface area contributed by atoms with Gasteiger partial charge in [-0.05, 0) is 64.3 Å². The first-order chi connectivity index (χ1) is 14.1. The number of hydrogen-bond acceptors (Lipinski definition) is 4. The minimum atomic E-state index is -0.293. The summed E-state index contributed by atoms with van der Waals surface area (Å²) in [5.74, 6) is 0.944. The Morgan fingerprint density at radius 1 is 1.07 bits per heavy atom. The van der Waals surface area contributed by atoms with Crippen LogP contribution in [0.4, 0.5) is 0 Å². The minimum absolute atomic E-state index is 0.293. The smallest absolute Gasteiger partial charge is 0.272 e. The Balaban J connectivity index is 1.63. The van der Waals surface area contributed by atoms with Crippen LogP contribution < -0.4 is 14.9 Å². The van der Waals surface area contributed by atoms with Crippen LogP contribution in [0.25, 0.3) is 0 Å². The summed E-state index contributed by atoms with van der Waals surface area (Å²) < 4.78 is 12.0. The molecule has 0 saturated heterocycles. The van der Waals surface area contributed by atoms with Crippen LogP contribution in [-0.4, -0.2) is 19.2 Å². The summed E-state index contributed by atoms with van der Waals surface area (Å²) in [6.07, 6.45) is 1.56. The van der Waals surface area contributed by atoms with E-state index in [0.29, 0.717) is 28.1 Å². The number of hydrogen-bond donors (Lipinski definition) is 1. The Kier molecular flexibility index (Phi) is 7.03. The number of carbonyl (C=O) groups is 1. The zero-order chi connectivity index (χ0) is 20.6. The lowest BCUT2D eigenvalue weighted by Gasteiger charge is -2.11. The standard InChI is InChI=1S/C23H21BrN2O3/c1-16-7-9-17(10-8-16)15-29-21-12-11-18(13-22(21)28-2)14-25-26-23(27)19-5-3-4-6-20(19)24/h3-14H,15H2,1-2H3,(H,26,27)/b25-14-. The summed E-state index contributed by atoms with van der Waals surface area (Å²) in [5.41, 5.74) is 6.10. The highest BCUT2D eigenvalue weighted by Crippen LogP contribution is 2.28. The van der Waals surface area contributed by atoms with Gasteiger partial charge in [-0.3, -0.25) is 4.79 Å². The van der Waals surface area contributed by atoms with E-state index in [9.17, 15) is 4.79 Å². The van der Waals surface area contributed by atoms with Crippen molar-refractivity contribution in [1.82, 2.24) is 5.43 Å². The Hall–Kier alpha value is -3.12. The van der Waals surface area contributed by atoms with Gasteiger partial charge in [0.1, 0.15) is 6.61 Å². The lowest BCUT2D eigenvalue weighted by Crippen LogP contribution is -2.18. The van der Waals surface area contributed by atoms with E-state index in [4.69, 9.17) is 9.47 Å². The van der Waals surface area contributed by atoms with Gasteiger partial charge < -0.3 is 9.47 Å². The number of ether oxygens (including phenoxy) is 2. The van der Waals surface area contributed by atoms with Gasteiger partial charge in [0.25, 0.3) is 5.91 Å². The first kappa shape index (κ1) is 20.6. The maximum atomic E-state index is 12.2. The van der Waals surface area contributed by atoms with Crippen LogP contribution in [0.1, 0.15) is 27.0 Å². The second-order valence-electron chi connectivity index (χ2n) is 6.36. The van der Waals surface area contributed by atoms with Crippen LogP contribution in [0.2, 0.25) is 0 Å². The number of rotatable bonds is 7. The van der Waals surface area contributed by atoms with E-state index in [1.165, 1.54) is 5.56 Å². The maximum absolute atomic E-state index is 12.2. The van der Waals surface area contributed by atoms with E-state index in [-0.39, 0.29) is 5.91 Å². The van der Waals surface area contributed by atoms with Gasteiger partial charge in [-0.25, -0.2) is 5.43 Å². The molecule has 0 aliphatic rings. The van der Waals surface area contributed by atoms with E-state index < -0.39 is 0 Å². The zero-order valence-electron chi connectivity index (χ0n) is 16.2. The molecule has 6 heteroatoms. The molecule has 0 saturated carbocycles. The highest BCUT2D eigenvalue weighted by atomic mass is 79.9. The van der Waals surface area contributed by atoms with E-state index >= 15 is 0 Å². The van der Waals surface area contributed by atoms with Gasteiger partial charge in [0.05, 0.1) is 18.9 Å². The number of nitrogens with one attached hydrogen (secondary N) is 1. The molecule has 0 bridgehead atoms. The second kappa shape index (κ2) is 9.89. The zero-order valence-corrected chi connectivity index (χ0v) is 17.8. The molecule has 5 nitrogen and oxygen atoms in total. The SMILES string of the molecule is COc1cc(/C=N\NC(=O)c2ccccc2Br)ccc1OCc1ccc(C)cc1. The number of halogens is 1. The van der Waals surface area contributed by atoms with Gasteiger partial charge in [-0.2, -0.15) is 5.10 Å². The lowest BCUT2D eigenvalue weighted by molar-refractivity contribution is 0.0954. The summed E-state index contributed by atoms with van der Waals surface area (Å²) in [6, 6.07) is 20.8. The predicted octanol–water partition coefficient (Wildman–Crippen LogP) is 5.11. The van der Waals surface area contributed by atoms with Crippen molar-refractivity contribution in [1.29, 1.82) is 0 Å². The summed E-state index contributed by atoms with van der Waals surface area (Å²) in [5, 5.41) is 4.02. The third-order valence-electron chi connectivity index (χ3n) is 4.20. The molecular weight excluding hydrogens is 432 g/mol. The topological polar surface area (TPSA) is 59.9 Å². The average molecular weight is 453 g/mol. The number of aryl methyl sites for hydroxylation is 1. The molecule has 3 aromatic carbocycles. The first-order valence-corrected chi connectivity index (χ1v) is 9.80. The third kappa shape index (κ3) is 5.68. The third-order valence-corrected chi connectivity index (χ3v) is 4.89. The largest absolute Gasteiger partial charge is 0.493 e. The van der Waals surface area contributed by atoms with Crippen molar-refractivity contribution >= 4 is 28.1 Å². The van der Waals surface area contributed by atoms with E-state index in [0.717, 1.165) is 11.1 Å². The Bertz CT molecular complexity index is 1020. The minimum Gasteiger partial charge on any atom is -0.493 e. The van der Waals surface area contributed by atoms with Crippen LogP contribution in [0, 0.1) is 6.92 Å². The van der Waals surface area contributed by atoms with Crippen molar-refractivity contribution in [2.24, 2.45) is 5.10 Å². The normalized spacial score (nSPS) is 10.7. The number of nitrogens with zero attached hydrogens (tertiary/aromatic N) is 1. The van der Waals surface area contributed by atoms with Gasteiger partial charge in [-0.15, -0.1) is 0 Å². The summed E-state index contributed by atoms with van der Waals surface area (Å²) in [4.78, 5) is 12.2. The van der Waals surface area contributed by atoms with Crippen LogP contribution in [0.3, 0.4) is 0 Å². The number of hydrazone groups is 1. The molecule has 0 unspecified atom stereocenters. The predicted molar refractivity (Wildman–Crippen MR) is 118 cm³/mol. The van der Waals surface area contributed by atoms with Gasteiger partial charge in [0.15, 0.2) is 11.5 Å². The van der Waals surface area contributed by atoms with Crippen molar-refractivity contribution < 1.29 is 14.3 Å². The molecule has 0 aromatic heterocycles. The molecule has 1 N–H and O–H groups in total. The Labute approximate surface area is 178 Å². The van der Waals surface area contributed by atoms with Crippen LogP contribution in [-0.2, 0) is 6.61 Å². The molecular formula is C23H21BrN2O3. The van der Waals surface area contributed by atoms with Gasteiger partial charge in [-0.1, -0.05) is 42.0 Å². The molecule has 1 amide bonds. The lowest BCUT2D eigenvalue weighted by atomic mass is 10.2. The van der Waals surface area contributed by atoms with Crippen LogP contribution in [0.15, 0.2) is 76.3 Å². The molecule has 0 radical (unpaired) electrons. The highest BCUT2D eigenvalue weighted by Gasteiger charge is 2.08.